The highest BCUT2D eigenvalue weighted by Gasteiger charge is 2.26. The lowest BCUT2D eigenvalue weighted by atomic mass is 9.92. The molecule has 2 amide bonds. The fourth-order valence-corrected chi connectivity index (χ4v) is 2.57. The first-order chi connectivity index (χ1) is 10.0. The number of amides is 2. The zero-order chi connectivity index (χ0) is 15.4. The molecule has 5 heteroatoms. The van der Waals surface area contributed by atoms with Crippen LogP contribution in [0.1, 0.15) is 58.9 Å². The molecule has 0 aromatic heterocycles. The summed E-state index contributed by atoms with van der Waals surface area (Å²) in [6.45, 7) is 4.58. The van der Waals surface area contributed by atoms with Crippen LogP contribution in [0.2, 0.25) is 0 Å². The van der Waals surface area contributed by atoms with Gasteiger partial charge in [0, 0.05) is 12.1 Å². The van der Waals surface area contributed by atoms with E-state index in [-0.39, 0.29) is 17.7 Å². The van der Waals surface area contributed by atoms with Crippen LogP contribution < -0.4 is 10.6 Å². The molecule has 0 saturated carbocycles. The maximum atomic E-state index is 12.5. The number of nitrogens with one attached hydrogen (secondary N) is 2. The highest BCUT2D eigenvalue weighted by atomic mass is 16.2. The molecule has 1 unspecified atom stereocenters. The molecule has 0 bridgehead atoms. The van der Waals surface area contributed by atoms with Crippen LogP contribution in [0.25, 0.3) is 0 Å². The Labute approximate surface area is 124 Å². The summed E-state index contributed by atoms with van der Waals surface area (Å²) < 4.78 is 0. The molecule has 21 heavy (non-hydrogen) atoms. The van der Waals surface area contributed by atoms with Crippen LogP contribution >= 0.6 is 0 Å². The molecule has 112 valence electrons. The molecule has 1 aromatic rings. The summed E-state index contributed by atoms with van der Waals surface area (Å²) in [5, 5.41) is 5.48. The van der Waals surface area contributed by atoms with E-state index < -0.39 is 6.04 Å². The van der Waals surface area contributed by atoms with Crippen molar-refractivity contribution in [2.45, 2.75) is 38.6 Å². The molecule has 1 heterocycles. The van der Waals surface area contributed by atoms with Gasteiger partial charge in [-0.3, -0.25) is 14.4 Å². The predicted molar refractivity (Wildman–Crippen MR) is 79.4 cm³/mol. The van der Waals surface area contributed by atoms with E-state index in [2.05, 4.69) is 10.6 Å². The average Bonchev–Trinajstić information content (AvgIpc) is 2.48. The van der Waals surface area contributed by atoms with Gasteiger partial charge >= 0.3 is 0 Å². The number of hydrogen-bond acceptors (Lipinski definition) is 3. The van der Waals surface area contributed by atoms with Crippen molar-refractivity contribution in [2.75, 3.05) is 6.54 Å². The van der Waals surface area contributed by atoms with Crippen LogP contribution in [-0.2, 0) is 4.79 Å². The number of carbonyl (C=O) groups excluding carboxylic acids is 3. The lowest BCUT2D eigenvalue weighted by Crippen LogP contribution is -2.50. The minimum atomic E-state index is -0.522. The second kappa shape index (κ2) is 6.52. The molecule has 0 aliphatic carbocycles. The Bertz CT molecular complexity index is 567. The SMILES string of the molecule is CC(C)c1cccc(C=O)c1C(=O)NC1CCCNC1=O. The Morgan fingerprint density at radius 3 is 2.81 bits per heavy atom. The van der Waals surface area contributed by atoms with Gasteiger partial charge in [0.1, 0.15) is 6.04 Å². The van der Waals surface area contributed by atoms with Crippen LogP contribution in [-0.4, -0.2) is 30.7 Å². The van der Waals surface area contributed by atoms with Crippen LogP contribution in [0.4, 0.5) is 0 Å². The summed E-state index contributed by atoms with van der Waals surface area (Å²) in [6.07, 6.45) is 2.14. The van der Waals surface area contributed by atoms with E-state index >= 15 is 0 Å². The van der Waals surface area contributed by atoms with Crippen LogP contribution in [0.5, 0.6) is 0 Å². The second-order valence-corrected chi connectivity index (χ2v) is 5.54. The van der Waals surface area contributed by atoms with Crippen molar-refractivity contribution < 1.29 is 14.4 Å². The molecule has 2 N–H and O–H groups in total. The van der Waals surface area contributed by atoms with Crippen molar-refractivity contribution in [3.8, 4) is 0 Å². The predicted octanol–water partition coefficient (Wildman–Crippen LogP) is 1.63. The van der Waals surface area contributed by atoms with Gasteiger partial charge in [0.15, 0.2) is 6.29 Å². The van der Waals surface area contributed by atoms with Gasteiger partial charge in [0.2, 0.25) is 5.91 Å². The molecule has 1 atom stereocenters. The van der Waals surface area contributed by atoms with Gasteiger partial charge in [-0.2, -0.15) is 0 Å². The number of rotatable bonds is 4. The summed E-state index contributed by atoms with van der Waals surface area (Å²) in [5.41, 5.74) is 1.55. The maximum absolute atomic E-state index is 12.5. The van der Waals surface area contributed by atoms with Gasteiger partial charge in [-0.05, 0) is 24.3 Å². The summed E-state index contributed by atoms with van der Waals surface area (Å²) in [7, 11) is 0. The molecule has 1 aliphatic heterocycles. The number of carbonyl (C=O) groups is 3. The molecular formula is C16H20N2O3. The summed E-state index contributed by atoms with van der Waals surface area (Å²) in [6, 6.07) is 4.71. The molecule has 2 rings (SSSR count). The van der Waals surface area contributed by atoms with Crippen molar-refractivity contribution in [3.63, 3.8) is 0 Å². The number of hydrogen-bond donors (Lipinski definition) is 2. The third-order valence-electron chi connectivity index (χ3n) is 3.70. The first-order valence-electron chi connectivity index (χ1n) is 7.21. The zero-order valence-corrected chi connectivity index (χ0v) is 12.3. The van der Waals surface area contributed by atoms with E-state index in [0.717, 1.165) is 12.0 Å². The van der Waals surface area contributed by atoms with Crippen LogP contribution in [0.3, 0.4) is 0 Å². The Balaban J connectivity index is 2.29. The zero-order valence-electron chi connectivity index (χ0n) is 12.3. The first kappa shape index (κ1) is 15.2. The van der Waals surface area contributed by atoms with Gasteiger partial charge in [-0.15, -0.1) is 0 Å². The monoisotopic (exact) mass is 288 g/mol. The van der Waals surface area contributed by atoms with Gasteiger partial charge in [-0.1, -0.05) is 32.0 Å². The maximum Gasteiger partial charge on any atom is 0.252 e. The number of benzene rings is 1. The highest BCUT2D eigenvalue weighted by Crippen LogP contribution is 2.22. The van der Waals surface area contributed by atoms with Gasteiger partial charge in [0.05, 0.1) is 5.56 Å². The molecule has 0 radical (unpaired) electrons. The topological polar surface area (TPSA) is 75.3 Å². The second-order valence-electron chi connectivity index (χ2n) is 5.54. The molecule has 1 fully saturated rings. The highest BCUT2D eigenvalue weighted by molar-refractivity contribution is 6.04. The summed E-state index contributed by atoms with van der Waals surface area (Å²) in [4.78, 5) is 35.5. The molecule has 1 saturated heterocycles. The summed E-state index contributed by atoms with van der Waals surface area (Å²) >= 11 is 0. The number of piperidine rings is 1. The van der Waals surface area contributed by atoms with Crippen molar-refractivity contribution in [1.29, 1.82) is 0 Å². The van der Waals surface area contributed by atoms with Gasteiger partial charge in [0.25, 0.3) is 5.91 Å². The minimum Gasteiger partial charge on any atom is -0.354 e. The minimum absolute atomic E-state index is 0.117. The van der Waals surface area contributed by atoms with Crippen molar-refractivity contribution in [1.82, 2.24) is 10.6 Å². The van der Waals surface area contributed by atoms with Crippen molar-refractivity contribution in [3.05, 3.63) is 34.9 Å². The largest absolute Gasteiger partial charge is 0.354 e. The fourth-order valence-electron chi connectivity index (χ4n) is 2.57. The standard InChI is InChI=1S/C16H20N2O3/c1-10(2)12-6-3-5-11(9-19)14(12)16(21)18-13-7-4-8-17-15(13)20/h3,5-6,9-10,13H,4,7-8H2,1-2H3,(H,17,20)(H,18,21). The Hall–Kier alpha value is -2.17. The third-order valence-corrected chi connectivity index (χ3v) is 3.70. The summed E-state index contributed by atoms with van der Waals surface area (Å²) in [5.74, 6) is -0.404. The Morgan fingerprint density at radius 1 is 1.43 bits per heavy atom. The molecule has 1 aromatic carbocycles. The van der Waals surface area contributed by atoms with E-state index in [9.17, 15) is 14.4 Å². The lowest BCUT2D eigenvalue weighted by Gasteiger charge is -2.24. The van der Waals surface area contributed by atoms with Crippen molar-refractivity contribution >= 4 is 18.1 Å². The van der Waals surface area contributed by atoms with E-state index in [1.54, 1.807) is 12.1 Å². The van der Waals surface area contributed by atoms with E-state index in [1.807, 2.05) is 19.9 Å². The molecule has 1 aliphatic rings. The lowest BCUT2D eigenvalue weighted by molar-refractivity contribution is -0.124. The molecular weight excluding hydrogens is 268 g/mol. The normalized spacial score (nSPS) is 18.2. The quantitative estimate of drug-likeness (QED) is 0.827. The fraction of sp³-hybridized carbons (Fsp3) is 0.438. The first-order valence-corrected chi connectivity index (χ1v) is 7.21. The van der Waals surface area contributed by atoms with E-state index in [1.165, 1.54) is 0 Å². The average molecular weight is 288 g/mol. The smallest absolute Gasteiger partial charge is 0.252 e. The van der Waals surface area contributed by atoms with Crippen LogP contribution in [0.15, 0.2) is 18.2 Å². The Kier molecular flexibility index (Phi) is 4.73. The van der Waals surface area contributed by atoms with Gasteiger partial charge < -0.3 is 10.6 Å². The third kappa shape index (κ3) is 3.29. The van der Waals surface area contributed by atoms with Crippen LogP contribution in [0, 0.1) is 0 Å². The Morgan fingerprint density at radius 2 is 2.19 bits per heavy atom. The van der Waals surface area contributed by atoms with Crippen molar-refractivity contribution in [2.24, 2.45) is 0 Å². The molecule has 5 nitrogen and oxygen atoms in total. The van der Waals surface area contributed by atoms with Gasteiger partial charge in [-0.25, -0.2) is 0 Å². The van der Waals surface area contributed by atoms with E-state index in [4.69, 9.17) is 0 Å². The van der Waals surface area contributed by atoms with E-state index in [0.29, 0.717) is 30.4 Å². The molecule has 0 spiro atoms. The number of aldehydes is 1.